The molecule has 3 heterocycles. The van der Waals surface area contributed by atoms with Crippen LogP contribution in [0.3, 0.4) is 0 Å². The molecule has 0 aliphatic heterocycles. The van der Waals surface area contributed by atoms with Crippen LogP contribution in [-0.2, 0) is 0 Å². The summed E-state index contributed by atoms with van der Waals surface area (Å²) in [5.41, 5.74) is 1.41. The van der Waals surface area contributed by atoms with Crippen molar-refractivity contribution >= 4 is 11.6 Å². The second-order valence-electron chi connectivity index (χ2n) is 3.69. The van der Waals surface area contributed by atoms with Crippen molar-refractivity contribution in [1.29, 1.82) is 0 Å². The summed E-state index contributed by atoms with van der Waals surface area (Å²) in [6.07, 6.45) is 3.14. The smallest absolute Gasteiger partial charge is 0.337 e. The lowest BCUT2D eigenvalue weighted by Crippen LogP contribution is -1.99. The molecule has 0 aromatic carbocycles. The zero-order valence-corrected chi connectivity index (χ0v) is 9.19. The Bertz CT molecular complexity index is 721. The molecule has 1 N–H and O–H groups in total. The Hall–Kier alpha value is -2.76. The maximum atomic E-state index is 10.9. The van der Waals surface area contributed by atoms with Gasteiger partial charge in [0.25, 0.3) is 0 Å². The number of nitrogens with zero attached hydrogens (tertiary/aromatic N) is 4. The van der Waals surface area contributed by atoms with Crippen LogP contribution in [0.5, 0.6) is 0 Å². The molecule has 0 aliphatic rings. The molecule has 18 heavy (non-hydrogen) atoms. The van der Waals surface area contributed by atoms with Crippen molar-refractivity contribution in [1.82, 2.24) is 19.6 Å². The number of hydrogen-bond acceptors (Lipinski definition) is 4. The fourth-order valence-electron chi connectivity index (χ4n) is 1.69. The van der Waals surface area contributed by atoms with Crippen molar-refractivity contribution in [2.45, 2.75) is 0 Å². The van der Waals surface area contributed by atoms with Gasteiger partial charge in [-0.05, 0) is 24.3 Å². The van der Waals surface area contributed by atoms with E-state index in [1.165, 1.54) is 12.3 Å². The van der Waals surface area contributed by atoms with Crippen molar-refractivity contribution in [2.75, 3.05) is 0 Å². The summed E-state index contributed by atoms with van der Waals surface area (Å²) in [6, 6.07) is 8.54. The average molecular weight is 240 g/mol. The zero-order valence-electron chi connectivity index (χ0n) is 9.19. The van der Waals surface area contributed by atoms with Crippen LogP contribution < -0.4 is 0 Å². The molecule has 0 saturated heterocycles. The van der Waals surface area contributed by atoms with Crippen LogP contribution in [0.25, 0.3) is 17.2 Å². The van der Waals surface area contributed by atoms with E-state index >= 15 is 0 Å². The highest BCUT2D eigenvalue weighted by molar-refractivity contribution is 5.87. The molecule has 0 spiro atoms. The van der Waals surface area contributed by atoms with E-state index in [2.05, 4.69) is 15.2 Å². The number of fused-ring (bicyclic) bond motifs is 1. The summed E-state index contributed by atoms with van der Waals surface area (Å²) in [4.78, 5) is 15.1. The third-order valence-corrected chi connectivity index (χ3v) is 2.54. The molecule has 0 atom stereocenters. The number of aromatic carboxylic acids is 1. The molecule has 0 fully saturated rings. The van der Waals surface area contributed by atoms with Gasteiger partial charge in [-0.3, -0.25) is 9.38 Å². The molecule has 0 saturated carbocycles. The van der Waals surface area contributed by atoms with E-state index in [-0.39, 0.29) is 5.56 Å². The molecule has 3 aromatic heterocycles. The summed E-state index contributed by atoms with van der Waals surface area (Å²) in [5, 5.41) is 17.0. The Morgan fingerprint density at radius 3 is 2.78 bits per heavy atom. The van der Waals surface area contributed by atoms with Gasteiger partial charge in [-0.2, -0.15) is 0 Å². The van der Waals surface area contributed by atoms with E-state index in [9.17, 15) is 4.79 Å². The SMILES string of the molecule is O=C(O)c1ccc2nnc(-c3ccccn3)n2c1. The summed E-state index contributed by atoms with van der Waals surface area (Å²) in [5.74, 6) is -0.466. The lowest BCUT2D eigenvalue weighted by molar-refractivity contribution is 0.0696. The molecule has 6 heteroatoms. The van der Waals surface area contributed by atoms with Gasteiger partial charge in [-0.1, -0.05) is 6.07 Å². The fraction of sp³-hybridized carbons (Fsp3) is 0. The molecule has 3 rings (SSSR count). The van der Waals surface area contributed by atoms with E-state index in [0.29, 0.717) is 17.2 Å². The van der Waals surface area contributed by atoms with E-state index in [1.54, 1.807) is 28.8 Å². The standard InChI is InChI=1S/C12H8N4O2/c17-12(18)8-4-5-10-14-15-11(16(10)7-8)9-3-1-2-6-13-9/h1-7H,(H,17,18). The molecule has 6 nitrogen and oxygen atoms in total. The van der Waals surface area contributed by atoms with Gasteiger partial charge in [0, 0.05) is 12.4 Å². The quantitative estimate of drug-likeness (QED) is 0.734. The van der Waals surface area contributed by atoms with E-state index in [4.69, 9.17) is 5.11 Å². The topological polar surface area (TPSA) is 80.4 Å². The van der Waals surface area contributed by atoms with Crippen molar-refractivity contribution in [3.63, 3.8) is 0 Å². The monoisotopic (exact) mass is 240 g/mol. The van der Waals surface area contributed by atoms with Crippen molar-refractivity contribution < 1.29 is 9.90 Å². The van der Waals surface area contributed by atoms with E-state index < -0.39 is 5.97 Å². The van der Waals surface area contributed by atoms with Crippen LogP contribution in [-0.4, -0.2) is 30.7 Å². The molecule has 0 unspecified atom stereocenters. The van der Waals surface area contributed by atoms with Crippen LogP contribution in [0, 0.1) is 0 Å². The van der Waals surface area contributed by atoms with Gasteiger partial charge in [0.15, 0.2) is 11.5 Å². The Labute approximate surface area is 102 Å². The van der Waals surface area contributed by atoms with Crippen LogP contribution in [0.4, 0.5) is 0 Å². The first-order chi connectivity index (χ1) is 8.75. The van der Waals surface area contributed by atoms with Gasteiger partial charge >= 0.3 is 5.97 Å². The largest absolute Gasteiger partial charge is 0.478 e. The van der Waals surface area contributed by atoms with Gasteiger partial charge in [-0.15, -0.1) is 10.2 Å². The molecule has 0 bridgehead atoms. The Morgan fingerprint density at radius 1 is 1.17 bits per heavy atom. The lowest BCUT2D eigenvalue weighted by Gasteiger charge is -2.00. The lowest BCUT2D eigenvalue weighted by atomic mass is 10.3. The number of aromatic nitrogens is 4. The minimum atomic E-state index is -0.988. The number of carboxylic acids is 1. The minimum absolute atomic E-state index is 0.180. The van der Waals surface area contributed by atoms with Crippen LogP contribution in [0.2, 0.25) is 0 Å². The number of carbonyl (C=O) groups is 1. The van der Waals surface area contributed by atoms with Gasteiger partial charge in [0.2, 0.25) is 0 Å². The predicted molar refractivity (Wildman–Crippen MR) is 63.2 cm³/mol. The first kappa shape index (κ1) is 10.4. The van der Waals surface area contributed by atoms with Crippen molar-refractivity contribution in [2.24, 2.45) is 0 Å². The summed E-state index contributed by atoms with van der Waals surface area (Å²) in [7, 11) is 0. The number of carboxylic acid groups (broad SMARTS) is 1. The normalized spacial score (nSPS) is 10.7. The van der Waals surface area contributed by atoms with Gasteiger partial charge in [0.05, 0.1) is 5.56 Å². The predicted octanol–water partition coefficient (Wildman–Crippen LogP) is 1.49. The van der Waals surface area contributed by atoms with Crippen LogP contribution >= 0.6 is 0 Å². The Balaban J connectivity index is 2.24. The molecular weight excluding hydrogens is 232 g/mol. The number of hydrogen-bond donors (Lipinski definition) is 1. The first-order valence-electron chi connectivity index (χ1n) is 5.25. The molecule has 0 radical (unpaired) electrons. The van der Waals surface area contributed by atoms with Crippen molar-refractivity contribution in [3.8, 4) is 11.5 Å². The second-order valence-corrected chi connectivity index (χ2v) is 3.69. The van der Waals surface area contributed by atoms with Crippen LogP contribution in [0.1, 0.15) is 10.4 Å². The Morgan fingerprint density at radius 2 is 2.06 bits per heavy atom. The third kappa shape index (κ3) is 1.60. The summed E-state index contributed by atoms with van der Waals surface area (Å²) >= 11 is 0. The molecule has 0 aliphatic carbocycles. The maximum Gasteiger partial charge on any atom is 0.337 e. The first-order valence-corrected chi connectivity index (χ1v) is 5.25. The molecular formula is C12H8N4O2. The highest BCUT2D eigenvalue weighted by atomic mass is 16.4. The van der Waals surface area contributed by atoms with Gasteiger partial charge in [-0.25, -0.2) is 4.79 Å². The van der Waals surface area contributed by atoms with E-state index in [1.807, 2.05) is 6.07 Å². The Kier molecular flexibility index (Phi) is 2.26. The maximum absolute atomic E-state index is 10.9. The number of rotatable bonds is 2. The number of pyridine rings is 2. The van der Waals surface area contributed by atoms with Crippen LogP contribution in [0.15, 0.2) is 42.7 Å². The summed E-state index contributed by atoms with van der Waals surface area (Å²) < 4.78 is 1.62. The third-order valence-electron chi connectivity index (χ3n) is 2.54. The average Bonchev–Trinajstić information content (AvgIpc) is 2.82. The zero-order chi connectivity index (χ0) is 12.5. The van der Waals surface area contributed by atoms with Gasteiger partial charge < -0.3 is 5.11 Å². The summed E-state index contributed by atoms with van der Waals surface area (Å²) in [6.45, 7) is 0. The fourth-order valence-corrected chi connectivity index (χ4v) is 1.69. The van der Waals surface area contributed by atoms with Crippen molar-refractivity contribution in [3.05, 3.63) is 48.3 Å². The molecule has 88 valence electrons. The highest BCUT2D eigenvalue weighted by Gasteiger charge is 2.11. The highest BCUT2D eigenvalue weighted by Crippen LogP contribution is 2.16. The molecule has 0 amide bonds. The minimum Gasteiger partial charge on any atom is -0.478 e. The van der Waals surface area contributed by atoms with E-state index in [0.717, 1.165) is 0 Å². The molecule has 3 aromatic rings. The second kappa shape index (κ2) is 3.92. The van der Waals surface area contributed by atoms with Gasteiger partial charge in [0.1, 0.15) is 5.69 Å².